The molecule has 0 spiro atoms. The summed E-state index contributed by atoms with van der Waals surface area (Å²) in [4.78, 5) is 0. The normalized spacial score (nSPS) is 4.80. The van der Waals surface area contributed by atoms with Gasteiger partial charge in [0.1, 0.15) is 0 Å². The Hall–Kier alpha value is 1.88. The largest absolute Gasteiger partial charge is 1.00 e. The third-order valence-electron chi connectivity index (χ3n) is 0. The first-order chi connectivity index (χ1) is 1.41. The molecule has 0 saturated carbocycles. The summed E-state index contributed by atoms with van der Waals surface area (Å²) < 4.78 is 0. The average molecular weight is 179 g/mol. The first kappa shape index (κ1) is 15.8. The molecule has 0 fully saturated rings. The van der Waals surface area contributed by atoms with E-state index < -0.39 is 0 Å². The molecular formula is H8GeLiPSSi. The molecule has 0 radical (unpaired) electrons. The maximum atomic E-state index is 4.43. The second kappa shape index (κ2) is 16.9. The summed E-state index contributed by atoms with van der Waals surface area (Å²) in [6.45, 7) is 1.14. The zero-order chi connectivity index (χ0) is 2.71. The molecule has 0 N–H and O–H groups in total. The van der Waals surface area contributed by atoms with Crippen molar-refractivity contribution in [3.05, 3.63) is 0 Å². The van der Waals surface area contributed by atoms with Crippen LogP contribution in [0.3, 0.4) is 0 Å². The molecule has 0 rings (SSSR count). The molecule has 0 aromatic carbocycles. The Morgan fingerprint density at radius 1 is 1.80 bits per heavy atom. The Bertz CT molecular complexity index is 23.0. The summed E-state index contributed by atoms with van der Waals surface area (Å²) in [5.74, 6) is 0. The number of hydrogen-bond donors (Lipinski definition) is 0. The van der Waals surface area contributed by atoms with Crippen LogP contribution in [0.4, 0.5) is 0 Å². The van der Waals surface area contributed by atoms with Crippen LogP contribution in [-0.4, -0.2) is 27.5 Å². The molecule has 0 aliphatic rings. The van der Waals surface area contributed by atoms with Crippen LogP contribution in [0.1, 0.15) is 1.43 Å². The van der Waals surface area contributed by atoms with E-state index in [9.17, 15) is 0 Å². The molecule has 0 atom stereocenters. The van der Waals surface area contributed by atoms with Crippen LogP contribution in [0.2, 0.25) is 0 Å². The van der Waals surface area contributed by atoms with E-state index in [-0.39, 0.29) is 37.9 Å². The Morgan fingerprint density at radius 2 is 1.80 bits per heavy atom. The van der Waals surface area contributed by atoms with Gasteiger partial charge < -0.3 is 1.43 Å². The molecule has 0 bridgehead atoms. The van der Waals surface area contributed by atoms with Crippen molar-refractivity contribution in [1.29, 1.82) is 0 Å². The Balaban J connectivity index is -0.00000000667. The summed E-state index contributed by atoms with van der Waals surface area (Å²) >= 11 is 4.43. The van der Waals surface area contributed by atoms with Crippen LogP contribution in [0, 0.1) is 0 Å². The summed E-state index contributed by atoms with van der Waals surface area (Å²) in [6, 6.07) is 0. The molecule has 0 aromatic rings. The predicted molar refractivity (Wildman–Crippen MR) is 36.7 cm³/mol. The molecule has 0 unspecified atom stereocenters. The molecule has 5 heavy (non-hydrogen) atoms. The molecule has 5 heteroatoms. The number of hydrogen-bond acceptors (Lipinski definition) is 1. The van der Waals surface area contributed by atoms with Crippen molar-refractivity contribution in [1.82, 2.24) is 0 Å². The molecule has 0 amide bonds. The first-order valence-electron chi connectivity index (χ1n) is 0.630. The van der Waals surface area contributed by atoms with E-state index in [0.717, 1.165) is 16.8 Å². The van der Waals surface area contributed by atoms with Gasteiger partial charge >= 0.3 is 36.5 Å². The standard InChI is InChI=1S/GeH4.Li.H3PSSi.H/c;;2-1-3;/h1H4;;3H3;/q;+1;;-1. The van der Waals surface area contributed by atoms with Gasteiger partial charge in [-0.3, -0.25) is 0 Å². The molecule has 0 saturated heterocycles. The van der Waals surface area contributed by atoms with E-state index >= 15 is 0 Å². The van der Waals surface area contributed by atoms with E-state index in [0.29, 0.717) is 0 Å². The summed E-state index contributed by atoms with van der Waals surface area (Å²) in [5.41, 5.74) is 0. The summed E-state index contributed by atoms with van der Waals surface area (Å²) in [6.07, 6.45) is 0. The summed E-state index contributed by atoms with van der Waals surface area (Å²) in [5, 5.41) is 0. The van der Waals surface area contributed by atoms with Crippen LogP contribution in [-0.2, 0) is 11.8 Å². The molecule has 0 aromatic heterocycles. The van der Waals surface area contributed by atoms with Crippen molar-refractivity contribution in [2.75, 3.05) is 0 Å². The first-order valence-corrected chi connectivity index (χ1v) is 5.67. The molecule has 0 heterocycles. The monoisotopic (exact) mass is 180 g/mol. The van der Waals surface area contributed by atoms with Gasteiger partial charge in [0.05, 0.1) is 9.91 Å². The van der Waals surface area contributed by atoms with Crippen molar-refractivity contribution in [2.24, 2.45) is 0 Å². The van der Waals surface area contributed by atoms with E-state index in [4.69, 9.17) is 0 Å². The summed E-state index contributed by atoms with van der Waals surface area (Å²) in [7, 11) is 1.16. The van der Waals surface area contributed by atoms with E-state index in [1.54, 1.807) is 0 Å². The van der Waals surface area contributed by atoms with Crippen molar-refractivity contribution >= 4 is 46.2 Å². The zero-order valence-corrected chi connectivity index (χ0v) is 6.57. The van der Waals surface area contributed by atoms with Crippen LogP contribution in [0.15, 0.2) is 0 Å². The van der Waals surface area contributed by atoms with E-state index in [1.807, 2.05) is 0 Å². The maximum absolute atomic E-state index is 4.43. The third kappa shape index (κ3) is 25.1. The van der Waals surface area contributed by atoms with Gasteiger partial charge in [-0.05, 0) is 0 Å². The minimum atomic E-state index is 0. The smallest absolute Gasteiger partial charge is 1.00 e. The van der Waals surface area contributed by atoms with Crippen LogP contribution >= 0.6 is 6.90 Å². The second-order valence-electron chi connectivity index (χ2n) is 0.183. The van der Waals surface area contributed by atoms with Gasteiger partial charge in [0.15, 0.2) is 0 Å². The molecule has 0 aliphatic carbocycles. The van der Waals surface area contributed by atoms with Gasteiger partial charge in [0.25, 0.3) is 0 Å². The quantitative estimate of drug-likeness (QED) is 0.266. The minimum absolute atomic E-state index is 0. The van der Waals surface area contributed by atoms with Crippen LogP contribution in [0.5, 0.6) is 0 Å². The minimum Gasteiger partial charge on any atom is -1.00 e. The fourth-order valence-corrected chi connectivity index (χ4v) is 0. The molecule has 28 valence electrons. The van der Waals surface area contributed by atoms with Crippen molar-refractivity contribution in [2.45, 2.75) is 0 Å². The van der Waals surface area contributed by atoms with Crippen LogP contribution < -0.4 is 18.9 Å². The molecule has 0 aliphatic heterocycles. The van der Waals surface area contributed by atoms with Gasteiger partial charge in [-0.2, -0.15) is 0 Å². The van der Waals surface area contributed by atoms with Gasteiger partial charge in [-0.15, -0.1) is 0 Å². The van der Waals surface area contributed by atoms with Crippen molar-refractivity contribution in [3.63, 3.8) is 0 Å². The molecular weight excluding hydrogens is 171 g/mol. The van der Waals surface area contributed by atoms with E-state index in [2.05, 4.69) is 11.8 Å². The Morgan fingerprint density at radius 3 is 1.80 bits per heavy atom. The third-order valence-corrected chi connectivity index (χ3v) is 0. The molecule has 0 nitrogen and oxygen atoms in total. The van der Waals surface area contributed by atoms with Gasteiger partial charge in [-0.25, -0.2) is 0 Å². The topological polar surface area (TPSA) is 0 Å². The van der Waals surface area contributed by atoms with Gasteiger partial charge in [0, 0.05) is 0 Å². The number of rotatable bonds is 0. The van der Waals surface area contributed by atoms with Gasteiger partial charge in [-0.1, -0.05) is 18.7 Å². The fraction of sp³-hybridized carbons (Fsp3) is 0. The van der Waals surface area contributed by atoms with E-state index in [1.165, 1.54) is 0 Å². The Kier molecular flexibility index (Phi) is 53.4. The average Bonchev–Trinajstić information content (AvgIpc) is 0.918. The zero-order valence-electron chi connectivity index (χ0n) is 3.86. The van der Waals surface area contributed by atoms with Crippen LogP contribution in [0.25, 0.3) is 0 Å². The fourth-order valence-electron chi connectivity index (χ4n) is 0. The predicted octanol–water partition coefficient (Wildman–Crippen LogP) is -4.66. The van der Waals surface area contributed by atoms with Crippen molar-refractivity contribution in [3.8, 4) is 0 Å². The van der Waals surface area contributed by atoms with Crippen molar-refractivity contribution < 1.29 is 20.3 Å². The van der Waals surface area contributed by atoms with Gasteiger partial charge in [0.2, 0.25) is 0 Å². The Labute approximate surface area is 66.2 Å². The second-order valence-corrected chi connectivity index (χ2v) is 4.93. The maximum Gasteiger partial charge on any atom is 1.00 e. The SMILES string of the molecule is [GeH4].[H-].[Li+].[SiH3]P=S.